The zero-order valence-electron chi connectivity index (χ0n) is 17.1. The number of benzene rings is 1. The van der Waals surface area contributed by atoms with E-state index in [0.717, 1.165) is 10.5 Å². The molecule has 0 saturated carbocycles. The van der Waals surface area contributed by atoms with Crippen molar-refractivity contribution in [1.29, 1.82) is 0 Å². The Bertz CT molecular complexity index is 737. The predicted molar refractivity (Wildman–Crippen MR) is 106 cm³/mol. The molecular formula is C22H29NO5. The van der Waals surface area contributed by atoms with Crippen LogP contribution in [0.1, 0.15) is 46.1 Å². The maximum atomic E-state index is 13.4. The molecule has 6 nitrogen and oxygen atoms in total. The first-order valence-electron chi connectivity index (χ1n) is 9.51. The molecule has 0 aliphatic carbocycles. The van der Waals surface area contributed by atoms with Gasteiger partial charge >= 0.3 is 12.1 Å². The van der Waals surface area contributed by atoms with E-state index in [1.54, 1.807) is 33.8 Å². The summed E-state index contributed by atoms with van der Waals surface area (Å²) < 4.78 is 10.5. The molecule has 1 fully saturated rings. The Morgan fingerprint density at radius 3 is 2.46 bits per heavy atom. The van der Waals surface area contributed by atoms with Gasteiger partial charge < -0.3 is 9.47 Å². The second-order valence-corrected chi connectivity index (χ2v) is 8.06. The van der Waals surface area contributed by atoms with E-state index in [0.29, 0.717) is 12.8 Å². The second-order valence-electron chi connectivity index (χ2n) is 8.06. The predicted octanol–water partition coefficient (Wildman–Crippen LogP) is 3.89. The highest BCUT2D eigenvalue weighted by Gasteiger charge is 2.56. The number of amides is 2. The van der Waals surface area contributed by atoms with Crippen LogP contribution in [0.3, 0.4) is 0 Å². The van der Waals surface area contributed by atoms with Gasteiger partial charge in [-0.15, -0.1) is 6.58 Å². The number of carbonyl (C=O) groups excluding carboxylic acids is 3. The third-order valence-corrected chi connectivity index (χ3v) is 4.64. The Kier molecular flexibility index (Phi) is 6.65. The molecule has 0 aromatic heterocycles. The summed E-state index contributed by atoms with van der Waals surface area (Å²) in [5.74, 6) is -1.02. The monoisotopic (exact) mass is 387 g/mol. The minimum Gasteiger partial charge on any atom is -0.464 e. The smallest absolute Gasteiger partial charge is 0.417 e. The molecule has 1 aromatic carbocycles. The molecule has 1 saturated heterocycles. The quantitative estimate of drug-likeness (QED) is 0.547. The van der Waals surface area contributed by atoms with Gasteiger partial charge in [-0.1, -0.05) is 36.4 Å². The second kappa shape index (κ2) is 8.59. The molecule has 1 aromatic rings. The van der Waals surface area contributed by atoms with Crippen molar-refractivity contribution in [3.8, 4) is 0 Å². The van der Waals surface area contributed by atoms with E-state index in [2.05, 4.69) is 6.58 Å². The molecular weight excluding hydrogens is 358 g/mol. The van der Waals surface area contributed by atoms with Crippen molar-refractivity contribution in [2.75, 3.05) is 6.61 Å². The standard InChI is InChI=1S/C22H29NO5/c1-6-13-22(14-16-11-9-8-10-12-16)15-17(18(24)27-7-2)23(19(22)25)20(26)28-21(3,4)5/h6,8-12,17H,1,7,13-15H2,2-5H3/t17-,22-/m0/s1. The van der Waals surface area contributed by atoms with Gasteiger partial charge in [0.15, 0.2) is 0 Å². The number of allylic oxidation sites excluding steroid dienone is 1. The van der Waals surface area contributed by atoms with Gasteiger partial charge in [-0.3, -0.25) is 4.79 Å². The van der Waals surface area contributed by atoms with Crippen molar-refractivity contribution in [2.45, 2.75) is 58.6 Å². The number of nitrogens with zero attached hydrogens (tertiary/aromatic N) is 1. The lowest BCUT2D eigenvalue weighted by Crippen LogP contribution is -2.47. The summed E-state index contributed by atoms with van der Waals surface area (Å²) in [4.78, 5) is 39.7. The molecule has 2 amide bonds. The first kappa shape index (κ1) is 21.7. The maximum Gasteiger partial charge on any atom is 0.417 e. The Balaban J connectivity index is 2.43. The van der Waals surface area contributed by atoms with Crippen LogP contribution in [-0.2, 0) is 25.5 Å². The number of hydrogen-bond acceptors (Lipinski definition) is 5. The zero-order valence-corrected chi connectivity index (χ0v) is 17.1. The number of imide groups is 1. The Morgan fingerprint density at radius 1 is 1.29 bits per heavy atom. The van der Waals surface area contributed by atoms with Crippen molar-refractivity contribution < 1.29 is 23.9 Å². The van der Waals surface area contributed by atoms with E-state index in [1.807, 2.05) is 30.3 Å². The minimum absolute atomic E-state index is 0.166. The lowest BCUT2D eigenvalue weighted by atomic mass is 9.76. The molecule has 2 rings (SSSR count). The van der Waals surface area contributed by atoms with Crippen LogP contribution in [0.2, 0.25) is 0 Å². The van der Waals surface area contributed by atoms with Gasteiger partial charge in [-0.25, -0.2) is 14.5 Å². The molecule has 0 unspecified atom stereocenters. The van der Waals surface area contributed by atoms with Crippen LogP contribution in [0, 0.1) is 5.41 Å². The van der Waals surface area contributed by atoms with E-state index >= 15 is 0 Å². The molecule has 152 valence electrons. The summed E-state index contributed by atoms with van der Waals surface area (Å²) in [6.07, 6.45) is 1.74. The van der Waals surface area contributed by atoms with Crippen LogP contribution in [0.25, 0.3) is 0 Å². The lowest BCUT2D eigenvalue weighted by Gasteiger charge is -2.28. The van der Waals surface area contributed by atoms with Crippen LogP contribution in [-0.4, -0.2) is 41.1 Å². The van der Waals surface area contributed by atoms with Gasteiger partial charge in [0, 0.05) is 0 Å². The number of esters is 1. The van der Waals surface area contributed by atoms with E-state index in [9.17, 15) is 14.4 Å². The van der Waals surface area contributed by atoms with E-state index in [1.165, 1.54) is 0 Å². The fourth-order valence-electron chi connectivity index (χ4n) is 3.55. The van der Waals surface area contributed by atoms with Crippen LogP contribution < -0.4 is 0 Å². The Labute approximate surface area is 166 Å². The molecule has 2 atom stereocenters. The first-order chi connectivity index (χ1) is 13.1. The number of carbonyl (C=O) groups is 3. The number of likely N-dealkylation sites (tertiary alicyclic amines) is 1. The third kappa shape index (κ3) is 4.80. The fourth-order valence-corrected chi connectivity index (χ4v) is 3.55. The van der Waals surface area contributed by atoms with Crippen LogP contribution in [0.15, 0.2) is 43.0 Å². The summed E-state index contributed by atoms with van der Waals surface area (Å²) in [7, 11) is 0. The highest BCUT2D eigenvalue weighted by atomic mass is 16.6. The molecule has 28 heavy (non-hydrogen) atoms. The summed E-state index contributed by atoms with van der Waals surface area (Å²) in [5.41, 5.74) is -0.789. The minimum atomic E-state index is -1.01. The number of hydrogen-bond donors (Lipinski definition) is 0. The van der Waals surface area contributed by atoms with Crippen LogP contribution >= 0.6 is 0 Å². The molecule has 1 aliphatic rings. The molecule has 0 N–H and O–H groups in total. The van der Waals surface area contributed by atoms with Gasteiger partial charge in [-0.2, -0.15) is 0 Å². The summed E-state index contributed by atoms with van der Waals surface area (Å²) in [6, 6.07) is 8.52. The van der Waals surface area contributed by atoms with Gasteiger partial charge in [0.25, 0.3) is 0 Å². The van der Waals surface area contributed by atoms with Crippen molar-refractivity contribution in [1.82, 2.24) is 4.90 Å². The molecule has 1 heterocycles. The molecule has 0 radical (unpaired) electrons. The molecule has 0 bridgehead atoms. The average Bonchev–Trinajstić information content (AvgIpc) is 2.88. The topological polar surface area (TPSA) is 72.9 Å². The SMILES string of the molecule is C=CC[C@]1(Cc2ccccc2)C[C@@H](C(=O)OCC)N(C(=O)OC(C)(C)C)C1=O. The van der Waals surface area contributed by atoms with Crippen LogP contribution in [0.4, 0.5) is 4.79 Å². The van der Waals surface area contributed by atoms with Crippen molar-refractivity contribution >= 4 is 18.0 Å². The normalized spacial score (nSPS) is 22.1. The highest BCUT2D eigenvalue weighted by Crippen LogP contribution is 2.43. The number of ether oxygens (including phenoxy) is 2. The van der Waals surface area contributed by atoms with Crippen molar-refractivity contribution in [3.63, 3.8) is 0 Å². The third-order valence-electron chi connectivity index (χ3n) is 4.64. The lowest BCUT2D eigenvalue weighted by molar-refractivity contribution is -0.151. The Hall–Kier alpha value is -2.63. The summed E-state index contributed by atoms with van der Waals surface area (Å²) in [6.45, 7) is 10.8. The van der Waals surface area contributed by atoms with Gasteiger partial charge in [0.2, 0.25) is 5.91 Å². The maximum absolute atomic E-state index is 13.4. The highest BCUT2D eigenvalue weighted by molar-refractivity contribution is 6.02. The average molecular weight is 387 g/mol. The van der Waals surface area contributed by atoms with Crippen molar-refractivity contribution in [2.24, 2.45) is 5.41 Å². The fraction of sp³-hybridized carbons (Fsp3) is 0.500. The van der Waals surface area contributed by atoms with Crippen LogP contribution in [0.5, 0.6) is 0 Å². The largest absolute Gasteiger partial charge is 0.464 e. The molecule has 6 heteroatoms. The first-order valence-corrected chi connectivity index (χ1v) is 9.51. The Morgan fingerprint density at radius 2 is 1.93 bits per heavy atom. The van der Waals surface area contributed by atoms with E-state index < -0.39 is 35.0 Å². The number of rotatable bonds is 6. The van der Waals surface area contributed by atoms with Gasteiger partial charge in [0.05, 0.1) is 12.0 Å². The summed E-state index contributed by atoms with van der Waals surface area (Å²) >= 11 is 0. The van der Waals surface area contributed by atoms with Crippen molar-refractivity contribution in [3.05, 3.63) is 48.6 Å². The molecule has 0 spiro atoms. The zero-order chi connectivity index (χ0) is 20.9. The van der Waals surface area contributed by atoms with E-state index in [-0.39, 0.29) is 13.0 Å². The summed E-state index contributed by atoms with van der Waals surface area (Å²) in [5, 5.41) is 0. The van der Waals surface area contributed by atoms with E-state index in [4.69, 9.17) is 9.47 Å². The van der Waals surface area contributed by atoms with Gasteiger partial charge in [0.1, 0.15) is 11.6 Å². The molecule has 1 aliphatic heterocycles. The van der Waals surface area contributed by atoms with Gasteiger partial charge in [-0.05, 0) is 52.5 Å².